The standard InChI is InChI=1S/C27H26FN3O5/c1-17(32)19-7-8-25(23(28)14-19)30-9-11-31(12-10-30)26(34)16-36-27(35)22-13-20-5-3-4-6-21(20)15-24(22)29-18(2)33/h3-8,13-15H,9-12,16H2,1-2H3,(H,29,33). The number of nitrogens with one attached hydrogen (secondary N) is 1. The highest BCUT2D eigenvalue weighted by Crippen LogP contribution is 2.26. The van der Waals surface area contributed by atoms with Crippen molar-refractivity contribution in [3.8, 4) is 0 Å². The van der Waals surface area contributed by atoms with Crippen LogP contribution < -0.4 is 10.2 Å². The minimum atomic E-state index is -0.718. The SMILES string of the molecule is CC(=O)Nc1cc2ccccc2cc1C(=O)OCC(=O)N1CCN(c2ccc(C(C)=O)cc2F)CC1. The van der Waals surface area contributed by atoms with Crippen LogP contribution >= 0.6 is 0 Å². The van der Waals surface area contributed by atoms with Crippen molar-refractivity contribution in [1.82, 2.24) is 4.90 Å². The van der Waals surface area contributed by atoms with Crippen molar-refractivity contribution in [2.75, 3.05) is 43.0 Å². The second-order valence-electron chi connectivity index (χ2n) is 8.59. The summed E-state index contributed by atoms with van der Waals surface area (Å²) in [5.74, 6) is -2.11. The number of esters is 1. The Bertz CT molecular complexity index is 1350. The zero-order valence-corrected chi connectivity index (χ0v) is 20.0. The highest BCUT2D eigenvalue weighted by atomic mass is 19.1. The summed E-state index contributed by atoms with van der Waals surface area (Å²) in [5, 5.41) is 4.28. The highest BCUT2D eigenvalue weighted by molar-refractivity contribution is 6.05. The number of benzene rings is 3. The predicted molar refractivity (Wildman–Crippen MR) is 134 cm³/mol. The van der Waals surface area contributed by atoms with Gasteiger partial charge in [-0.2, -0.15) is 0 Å². The minimum Gasteiger partial charge on any atom is -0.452 e. The second kappa shape index (κ2) is 10.6. The van der Waals surface area contributed by atoms with Gasteiger partial charge >= 0.3 is 5.97 Å². The number of halogens is 1. The third kappa shape index (κ3) is 5.51. The molecule has 0 aromatic heterocycles. The maximum atomic E-state index is 14.5. The molecule has 0 unspecified atom stereocenters. The quantitative estimate of drug-likeness (QED) is 0.418. The van der Waals surface area contributed by atoms with E-state index in [0.29, 0.717) is 43.1 Å². The Balaban J connectivity index is 1.37. The number of Topliss-reactive ketones (excluding diaryl/α,β-unsaturated/α-hetero) is 1. The van der Waals surface area contributed by atoms with Gasteiger partial charge in [-0.25, -0.2) is 9.18 Å². The first kappa shape index (κ1) is 24.8. The smallest absolute Gasteiger partial charge is 0.340 e. The lowest BCUT2D eigenvalue weighted by Crippen LogP contribution is -2.50. The van der Waals surface area contributed by atoms with Gasteiger partial charge in [-0.3, -0.25) is 14.4 Å². The summed E-state index contributed by atoms with van der Waals surface area (Å²) in [6.45, 7) is 3.73. The number of hydrogen-bond donors (Lipinski definition) is 1. The molecule has 3 aromatic carbocycles. The number of ketones is 1. The zero-order valence-electron chi connectivity index (χ0n) is 20.0. The normalized spacial score (nSPS) is 13.4. The summed E-state index contributed by atoms with van der Waals surface area (Å²) in [6.07, 6.45) is 0. The number of fused-ring (bicyclic) bond motifs is 1. The first-order valence-corrected chi connectivity index (χ1v) is 11.5. The Morgan fingerprint density at radius 3 is 2.19 bits per heavy atom. The number of nitrogens with zero attached hydrogens (tertiary/aromatic N) is 2. The molecule has 1 saturated heterocycles. The number of carbonyl (C=O) groups is 4. The molecule has 2 amide bonds. The van der Waals surface area contributed by atoms with Crippen LogP contribution in [0.1, 0.15) is 34.6 Å². The van der Waals surface area contributed by atoms with E-state index < -0.39 is 18.4 Å². The molecule has 36 heavy (non-hydrogen) atoms. The van der Waals surface area contributed by atoms with E-state index in [9.17, 15) is 23.6 Å². The fraction of sp³-hybridized carbons (Fsp3) is 0.259. The Labute approximate surface area is 207 Å². The van der Waals surface area contributed by atoms with Crippen molar-refractivity contribution in [2.24, 2.45) is 0 Å². The molecule has 1 aliphatic rings. The Hall–Kier alpha value is -4.27. The van der Waals surface area contributed by atoms with Gasteiger partial charge in [0.05, 0.1) is 16.9 Å². The number of hydrogen-bond acceptors (Lipinski definition) is 6. The minimum absolute atomic E-state index is 0.158. The van der Waals surface area contributed by atoms with Gasteiger partial charge in [0, 0.05) is 38.7 Å². The molecular weight excluding hydrogens is 465 g/mol. The van der Waals surface area contributed by atoms with E-state index in [2.05, 4.69) is 5.32 Å². The fourth-order valence-electron chi connectivity index (χ4n) is 4.18. The van der Waals surface area contributed by atoms with E-state index in [0.717, 1.165) is 10.8 Å². The van der Waals surface area contributed by atoms with E-state index in [1.54, 1.807) is 29.2 Å². The molecule has 0 radical (unpaired) electrons. The maximum Gasteiger partial charge on any atom is 0.340 e. The average Bonchev–Trinajstić information content (AvgIpc) is 2.86. The second-order valence-corrected chi connectivity index (χ2v) is 8.59. The number of carbonyl (C=O) groups excluding carboxylic acids is 4. The number of rotatable bonds is 6. The maximum absolute atomic E-state index is 14.5. The summed E-state index contributed by atoms with van der Waals surface area (Å²) in [7, 11) is 0. The van der Waals surface area contributed by atoms with E-state index >= 15 is 0 Å². The van der Waals surface area contributed by atoms with Crippen LogP contribution in [-0.2, 0) is 14.3 Å². The number of amides is 2. The van der Waals surface area contributed by atoms with Crippen LogP contribution in [0.2, 0.25) is 0 Å². The van der Waals surface area contributed by atoms with Crippen molar-refractivity contribution in [3.05, 3.63) is 71.5 Å². The van der Waals surface area contributed by atoms with E-state index in [1.165, 1.54) is 19.9 Å². The molecule has 1 fully saturated rings. The molecule has 0 spiro atoms. The molecule has 9 heteroatoms. The molecule has 1 N–H and O–H groups in total. The Kier molecular flexibility index (Phi) is 7.28. The van der Waals surface area contributed by atoms with Gasteiger partial charge in [-0.05, 0) is 48.0 Å². The molecule has 186 valence electrons. The van der Waals surface area contributed by atoms with Crippen molar-refractivity contribution < 1.29 is 28.3 Å². The van der Waals surface area contributed by atoms with Crippen molar-refractivity contribution >= 4 is 45.7 Å². The number of anilines is 2. The molecule has 1 heterocycles. The molecular formula is C27H26FN3O5. The fourth-order valence-corrected chi connectivity index (χ4v) is 4.18. The Morgan fingerprint density at radius 1 is 0.917 bits per heavy atom. The lowest BCUT2D eigenvalue weighted by molar-refractivity contribution is -0.134. The summed E-state index contributed by atoms with van der Waals surface area (Å²) in [4.78, 5) is 51.9. The highest BCUT2D eigenvalue weighted by Gasteiger charge is 2.25. The zero-order chi connectivity index (χ0) is 25.8. The molecule has 4 rings (SSSR count). The molecule has 3 aromatic rings. The van der Waals surface area contributed by atoms with Crippen molar-refractivity contribution in [2.45, 2.75) is 13.8 Å². The van der Waals surface area contributed by atoms with Crippen LogP contribution in [0.4, 0.5) is 15.8 Å². The predicted octanol–water partition coefficient (Wildman–Crippen LogP) is 3.65. The third-order valence-electron chi connectivity index (χ3n) is 6.07. The van der Waals surface area contributed by atoms with Gasteiger partial charge in [0.2, 0.25) is 5.91 Å². The van der Waals surface area contributed by atoms with Crippen LogP contribution in [0, 0.1) is 5.82 Å². The topological polar surface area (TPSA) is 96.0 Å². The summed E-state index contributed by atoms with van der Waals surface area (Å²) >= 11 is 0. The lowest BCUT2D eigenvalue weighted by Gasteiger charge is -2.36. The van der Waals surface area contributed by atoms with Gasteiger partial charge in [0.25, 0.3) is 5.91 Å². The van der Waals surface area contributed by atoms with E-state index in [-0.39, 0.29) is 23.2 Å². The van der Waals surface area contributed by atoms with Gasteiger partial charge in [-0.15, -0.1) is 0 Å². The third-order valence-corrected chi connectivity index (χ3v) is 6.07. The van der Waals surface area contributed by atoms with Gasteiger partial charge in [-0.1, -0.05) is 24.3 Å². The van der Waals surface area contributed by atoms with Gasteiger partial charge in [0.1, 0.15) is 5.82 Å². The van der Waals surface area contributed by atoms with E-state index in [1.807, 2.05) is 29.2 Å². The van der Waals surface area contributed by atoms with Crippen LogP contribution in [0.5, 0.6) is 0 Å². The van der Waals surface area contributed by atoms with E-state index in [4.69, 9.17) is 4.74 Å². The van der Waals surface area contributed by atoms with Gasteiger partial charge in [0.15, 0.2) is 12.4 Å². The van der Waals surface area contributed by atoms with Crippen LogP contribution in [0.15, 0.2) is 54.6 Å². The molecule has 0 atom stereocenters. The molecule has 1 aliphatic heterocycles. The van der Waals surface area contributed by atoms with Crippen LogP contribution in [-0.4, -0.2) is 61.3 Å². The lowest BCUT2D eigenvalue weighted by atomic mass is 10.0. The van der Waals surface area contributed by atoms with Crippen LogP contribution in [0.25, 0.3) is 10.8 Å². The average molecular weight is 492 g/mol. The van der Waals surface area contributed by atoms with Crippen LogP contribution in [0.3, 0.4) is 0 Å². The van der Waals surface area contributed by atoms with Crippen molar-refractivity contribution in [3.63, 3.8) is 0 Å². The summed E-state index contributed by atoms with van der Waals surface area (Å²) < 4.78 is 19.8. The molecule has 0 aliphatic carbocycles. The largest absolute Gasteiger partial charge is 0.452 e. The summed E-state index contributed by atoms with van der Waals surface area (Å²) in [6, 6.07) is 15.1. The monoisotopic (exact) mass is 491 g/mol. The number of piperazine rings is 1. The van der Waals surface area contributed by atoms with Crippen molar-refractivity contribution in [1.29, 1.82) is 0 Å². The summed E-state index contributed by atoms with van der Waals surface area (Å²) in [5.41, 5.74) is 1.15. The molecule has 0 bridgehead atoms. The first-order valence-electron chi connectivity index (χ1n) is 11.5. The Morgan fingerprint density at radius 2 is 1.58 bits per heavy atom. The first-order chi connectivity index (χ1) is 17.2. The molecule has 0 saturated carbocycles. The van der Waals surface area contributed by atoms with Gasteiger partial charge < -0.3 is 19.9 Å². The number of ether oxygens (including phenoxy) is 1. The molecule has 8 nitrogen and oxygen atoms in total.